The Morgan fingerprint density at radius 2 is 1.33 bits per heavy atom. The van der Waals surface area contributed by atoms with Gasteiger partial charge < -0.3 is 0 Å². The molecular weight excluding hydrogens is 559 g/mol. The van der Waals surface area contributed by atoms with Crippen LogP contribution in [0.2, 0.25) is 0 Å². The molecule has 0 atom stereocenters. The van der Waals surface area contributed by atoms with E-state index in [0.717, 1.165) is 23.7 Å². The Morgan fingerprint density at radius 3 is 1.82 bits per heavy atom. The van der Waals surface area contributed by atoms with Gasteiger partial charge in [0.25, 0.3) is 0 Å². The molecule has 0 aliphatic rings. The van der Waals surface area contributed by atoms with Gasteiger partial charge in [-0.1, -0.05) is 108 Å². The molecule has 0 saturated heterocycles. The summed E-state index contributed by atoms with van der Waals surface area (Å²) in [6.45, 7) is 36.1. The minimum atomic E-state index is 0.653. The second-order valence-corrected chi connectivity index (χ2v) is 11.5. The Labute approximate surface area is 286 Å². The van der Waals surface area contributed by atoms with E-state index >= 15 is 0 Å². The minimum absolute atomic E-state index is 0.653. The molecule has 2 heteroatoms. The van der Waals surface area contributed by atoms with Crippen molar-refractivity contribution in [3.8, 4) is 0 Å². The van der Waals surface area contributed by atoms with Crippen LogP contribution >= 0.6 is 12.6 Å². The van der Waals surface area contributed by atoms with Crippen LogP contribution in [0.1, 0.15) is 126 Å². The summed E-state index contributed by atoms with van der Waals surface area (Å²) in [6, 6.07) is 23.9. The van der Waals surface area contributed by atoms with Crippen LogP contribution in [0.3, 0.4) is 0 Å². The molecule has 0 aliphatic heterocycles. The van der Waals surface area contributed by atoms with E-state index in [1.807, 2.05) is 26.0 Å². The van der Waals surface area contributed by atoms with Gasteiger partial charge in [-0.05, 0) is 60.1 Å². The molecule has 0 radical (unpaired) electrons. The van der Waals surface area contributed by atoms with E-state index in [1.165, 1.54) is 69.7 Å². The Hall–Kier alpha value is -2.84. The number of aryl methyl sites for hydroxylation is 3. The average Bonchev–Trinajstić information content (AvgIpc) is 3.08. The van der Waals surface area contributed by atoms with E-state index < -0.39 is 0 Å². The van der Waals surface area contributed by atoms with Gasteiger partial charge in [0.2, 0.25) is 0 Å². The molecule has 0 unspecified atom stereocenters. The first-order chi connectivity index (χ1) is 21.7. The fourth-order valence-corrected chi connectivity index (χ4v) is 5.67. The summed E-state index contributed by atoms with van der Waals surface area (Å²) in [7, 11) is 0. The van der Waals surface area contributed by atoms with Gasteiger partial charge in [0, 0.05) is 4.90 Å². The maximum Gasteiger partial charge on any atom is 0.0119 e. The largest absolute Gasteiger partial charge is 0.143 e. The summed E-state index contributed by atoms with van der Waals surface area (Å²) in [5.41, 5.74) is 8.79. The zero-order valence-corrected chi connectivity index (χ0v) is 31.6. The minimum Gasteiger partial charge on any atom is -0.143 e. The number of rotatable bonds is 8. The summed E-state index contributed by atoms with van der Waals surface area (Å²) < 4.78 is 0. The first-order valence-corrected chi connectivity index (χ1v) is 17.6. The van der Waals surface area contributed by atoms with Gasteiger partial charge in [-0.25, -0.2) is 0 Å². The maximum absolute atomic E-state index is 4.41. The Morgan fingerprint density at radius 1 is 0.733 bits per heavy atom. The van der Waals surface area contributed by atoms with Crippen LogP contribution in [-0.2, 0) is 12.8 Å². The summed E-state index contributed by atoms with van der Waals surface area (Å²) in [4.78, 5) is 1.06. The molecule has 4 rings (SSSR count). The van der Waals surface area contributed by atoms with Crippen molar-refractivity contribution < 1.29 is 0 Å². The van der Waals surface area contributed by atoms with Gasteiger partial charge in [-0.2, -0.15) is 0 Å². The van der Waals surface area contributed by atoms with Gasteiger partial charge in [-0.15, -0.1) is 38.9 Å². The second kappa shape index (κ2) is 27.5. The molecule has 3 aromatic carbocycles. The molecule has 1 aromatic heterocycles. The molecule has 45 heavy (non-hydrogen) atoms. The zero-order chi connectivity index (χ0) is 34.8. The van der Waals surface area contributed by atoms with Gasteiger partial charge >= 0.3 is 75.6 Å². The molecule has 0 nitrogen and oxygen atoms in total. The van der Waals surface area contributed by atoms with Gasteiger partial charge in [-0.3, -0.25) is 0 Å². The summed E-state index contributed by atoms with van der Waals surface area (Å²) in [5.74, 6) is 3.59. The quantitative estimate of drug-likeness (QED) is 0.146. The summed E-state index contributed by atoms with van der Waals surface area (Å²) in [6.07, 6.45) is 7.48. The predicted octanol–water partition coefficient (Wildman–Crippen LogP) is 14.0. The van der Waals surface area contributed by atoms with E-state index in [4.69, 9.17) is 0 Å². The third kappa shape index (κ3) is 16.3. The van der Waals surface area contributed by atoms with Gasteiger partial charge in [0.05, 0.1) is 0 Å². The van der Waals surface area contributed by atoms with Crippen molar-refractivity contribution in [2.45, 2.75) is 124 Å². The van der Waals surface area contributed by atoms with Crippen molar-refractivity contribution in [1.29, 1.82) is 0 Å². The standard InChI is InChI=1S/C14H22.C12H12S.C11H17B.C2H6.2C2H4/c1-4-7-13(8-5-2)14-10-6-9-12(3)11-14;1-2-9-6-7-11-10(8-9)4-3-5-12(11)13;1-5-10-9(4)6-7-12-11(10)8(2)3;3*1-2/h6,9-11,13H,4-5,7-8H2,1-3H3;3-8,13H,2H2,1H3;6-8H,5H2,1-4H3;1-2H3;2*1-2H2. The van der Waals surface area contributed by atoms with Crippen LogP contribution < -0.4 is 0 Å². The Kier molecular flexibility index (Phi) is 27.0. The molecule has 0 aliphatic carbocycles. The molecule has 0 saturated carbocycles. The summed E-state index contributed by atoms with van der Waals surface area (Å²) >= 11 is 4.41. The normalized spacial score (nSPS) is 9.53. The third-order valence-electron chi connectivity index (χ3n) is 7.54. The van der Waals surface area contributed by atoms with Crippen molar-refractivity contribution >= 4 is 30.3 Å². The van der Waals surface area contributed by atoms with E-state index in [0.29, 0.717) is 5.92 Å². The molecule has 0 bridgehead atoms. The van der Waals surface area contributed by atoms with Crippen LogP contribution in [0, 0.1) is 13.8 Å². The van der Waals surface area contributed by atoms with E-state index in [9.17, 15) is 0 Å². The predicted molar refractivity (Wildman–Crippen MR) is 214 cm³/mol. The first-order valence-electron chi connectivity index (χ1n) is 17.1. The van der Waals surface area contributed by atoms with Crippen molar-refractivity contribution in [3.63, 3.8) is 0 Å². The average molecular weight is 625 g/mol. The number of fused-ring (bicyclic) bond motifs is 1. The zero-order valence-electron chi connectivity index (χ0n) is 30.7. The molecule has 246 valence electrons. The van der Waals surface area contributed by atoms with E-state index in [-0.39, 0.29) is 0 Å². The molecule has 1 heterocycles. The number of hydrogen-bond acceptors (Lipinski definition) is 1. The number of thiol groups is 1. The number of hydrogen-bond donors (Lipinski definition) is 1. The number of benzene rings is 3. The van der Waals surface area contributed by atoms with E-state index in [2.05, 4.69) is 162 Å². The molecule has 0 amide bonds. The summed E-state index contributed by atoms with van der Waals surface area (Å²) in [5, 5.41) is 2.52. The van der Waals surface area contributed by atoms with Crippen LogP contribution in [0.5, 0.6) is 0 Å². The molecule has 0 N–H and O–H groups in total. The molecule has 0 spiro atoms. The van der Waals surface area contributed by atoms with Crippen LogP contribution in [0.15, 0.2) is 104 Å². The van der Waals surface area contributed by atoms with Crippen LogP contribution in [0.25, 0.3) is 10.8 Å². The Bertz CT molecular complexity index is 1300. The van der Waals surface area contributed by atoms with Crippen molar-refractivity contribution in [2.75, 3.05) is 0 Å². The first kappa shape index (κ1) is 44.3. The fourth-order valence-electron chi connectivity index (χ4n) is 5.38. The smallest absolute Gasteiger partial charge is 0.0119 e. The SMILES string of the molecule is C=C.C=C.CC.CCCC(CCC)c1cccc(C)c1.CCc1c(C(C)C)bccc1C.CCc1ccc2c(S)cccc2c1. The monoisotopic (exact) mass is 624 g/mol. The van der Waals surface area contributed by atoms with Crippen LogP contribution in [-0.4, -0.2) is 6.91 Å². The second-order valence-electron chi connectivity index (χ2n) is 11.0. The third-order valence-corrected chi connectivity index (χ3v) is 7.93. The topological polar surface area (TPSA) is 0 Å². The van der Waals surface area contributed by atoms with Gasteiger partial charge in [0.15, 0.2) is 0 Å². The fraction of sp³-hybridized carbons (Fsp3) is 0.419. The molecular formula is C43H65BS. The van der Waals surface area contributed by atoms with Crippen molar-refractivity contribution in [3.05, 3.63) is 132 Å². The Balaban J connectivity index is 0. The maximum atomic E-state index is 4.41. The van der Waals surface area contributed by atoms with E-state index in [1.54, 1.807) is 0 Å². The van der Waals surface area contributed by atoms with Crippen molar-refractivity contribution in [1.82, 2.24) is 0 Å². The molecule has 4 aromatic rings. The molecule has 0 fully saturated rings. The van der Waals surface area contributed by atoms with Gasteiger partial charge in [0.1, 0.15) is 0 Å². The van der Waals surface area contributed by atoms with Crippen LogP contribution in [0.4, 0.5) is 0 Å². The van der Waals surface area contributed by atoms with Crippen molar-refractivity contribution in [2.24, 2.45) is 0 Å².